The van der Waals surface area contributed by atoms with E-state index in [1.54, 1.807) is 24.3 Å². The summed E-state index contributed by atoms with van der Waals surface area (Å²) in [4.78, 5) is 26.6. The van der Waals surface area contributed by atoms with Gasteiger partial charge in [0.1, 0.15) is 0 Å². The number of benzene rings is 1. The summed E-state index contributed by atoms with van der Waals surface area (Å²) in [5.41, 5.74) is 1.16. The van der Waals surface area contributed by atoms with E-state index in [-0.39, 0.29) is 42.1 Å². The first-order valence-corrected chi connectivity index (χ1v) is 6.97. The monoisotopic (exact) mass is 269 g/mol. The number of hydrogen-bond donors (Lipinski definition) is 1. The first kappa shape index (κ1) is 11.9. The molecule has 0 spiro atoms. The van der Waals surface area contributed by atoms with E-state index in [0.717, 1.165) is 6.42 Å². The van der Waals surface area contributed by atoms with Gasteiger partial charge in [-0.05, 0) is 24.3 Å². The van der Waals surface area contributed by atoms with Crippen molar-refractivity contribution in [3.05, 3.63) is 42.0 Å². The molecule has 20 heavy (non-hydrogen) atoms. The maximum Gasteiger partial charge on any atom is 0.238 e. The minimum Gasteiger partial charge on any atom is -0.392 e. The quantitative estimate of drug-likeness (QED) is 0.653. The van der Waals surface area contributed by atoms with Crippen LogP contribution in [-0.2, 0) is 16.2 Å². The number of hydrogen-bond acceptors (Lipinski definition) is 3. The molecule has 1 aromatic carbocycles. The van der Waals surface area contributed by atoms with Gasteiger partial charge in [0.15, 0.2) is 0 Å². The molecule has 1 aliphatic heterocycles. The third-order valence-electron chi connectivity index (χ3n) is 4.87. The lowest BCUT2D eigenvalue weighted by Gasteiger charge is -2.19. The summed E-state index contributed by atoms with van der Waals surface area (Å²) in [6.45, 7) is -0.173. The van der Waals surface area contributed by atoms with Gasteiger partial charge in [-0.3, -0.25) is 9.59 Å². The summed E-state index contributed by atoms with van der Waals surface area (Å²) in [5.74, 6) is -0.149. The highest BCUT2D eigenvalue weighted by Crippen LogP contribution is 2.53. The number of anilines is 1. The van der Waals surface area contributed by atoms with Gasteiger partial charge in [0.05, 0.1) is 24.1 Å². The van der Waals surface area contributed by atoms with Crippen molar-refractivity contribution in [2.24, 2.45) is 23.7 Å². The van der Waals surface area contributed by atoms with Gasteiger partial charge in [-0.15, -0.1) is 0 Å². The van der Waals surface area contributed by atoms with E-state index >= 15 is 0 Å². The zero-order valence-electron chi connectivity index (χ0n) is 10.9. The fraction of sp³-hybridized carbons (Fsp3) is 0.375. The summed E-state index contributed by atoms with van der Waals surface area (Å²) in [6, 6.07) is 7.07. The van der Waals surface area contributed by atoms with Crippen molar-refractivity contribution in [2.45, 2.75) is 13.0 Å². The summed E-state index contributed by atoms with van der Waals surface area (Å²) in [7, 11) is 0. The van der Waals surface area contributed by atoms with Crippen LogP contribution in [0, 0.1) is 23.7 Å². The van der Waals surface area contributed by atoms with E-state index in [0.29, 0.717) is 11.3 Å². The molecule has 2 bridgehead atoms. The number of allylic oxidation sites excluding steroid dienone is 2. The molecule has 4 heteroatoms. The van der Waals surface area contributed by atoms with Crippen LogP contribution in [0.5, 0.6) is 0 Å². The van der Waals surface area contributed by atoms with E-state index in [1.165, 1.54) is 4.90 Å². The Labute approximate surface area is 116 Å². The molecule has 1 heterocycles. The highest BCUT2D eigenvalue weighted by Gasteiger charge is 2.59. The Kier molecular flexibility index (Phi) is 2.39. The van der Waals surface area contributed by atoms with Crippen LogP contribution in [0.3, 0.4) is 0 Å². The lowest BCUT2D eigenvalue weighted by atomic mass is 9.85. The van der Waals surface area contributed by atoms with Crippen molar-refractivity contribution >= 4 is 17.5 Å². The molecule has 1 saturated carbocycles. The van der Waals surface area contributed by atoms with Gasteiger partial charge in [-0.25, -0.2) is 4.90 Å². The van der Waals surface area contributed by atoms with Gasteiger partial charge < -0.3 is 5.11 Å². The molecule has 4 rings (SSSR count). The van der Waals surface area contributed by atoms with Gasteiger partial charge >= 0.3 is 0 Å². The zero-order chi connectivity index (χ0) is 13.9. The molecule has 0 radical (unpaired) electrons. The lowest BCUT2D eigenvalue weighted by Crippen LogP contribution is -2.33. The topological polar surface area (TPSA) is 57.6 Å². The molecule has 2 aliphatic carbocycles. The molecular formula is C16H15NO3. The van der Waals surface area contributed by atoms with Gasteiger partial charge in [-0.2, -0.15) is 0 Å². The molecular weight excluding hydrogens is 254 g/mol. The summed E-state index contributed by atoms with van der Waals surface area (Å²) in [6.07, 6.45) is 5.10. The van der Waals surface area contributed by atoms with Crippen LogP contribution in [0.1, 0.15) is 12.0 Å². The summed E-state index contributed by atoms with van der Waals surface area (Å²) >= 11 is 0. The van der Waals surface area contributed by atoms with Crippen LogP contribution in [0.2, 0.25) is 0 Å². The van der Waals surface area contributed by atoms with E-state index < -0.39 is 0 Å². The van der Waals surface area contributed by atoms with Crippen molar-refractivity contribution in [1.82, 2.24) is 0 Å². The van der Waals surface area contributed by atoms with E-state index in [4.69, 9.17) is 0 Å². The number of amides is 2. The molecule has 4 nitrogen and oxygen atoms in total. The van der Waals surface area contributed by atoms with Crippen LogP contribution >= 0.6 is 0 Å². The number of carbonyl (C=O) groups excluding carboxylic acids is 2. The predicted octanol–water partition coefficient (Wildman–Crippen LogP) is 1.49. The molecule has 1 aromatic rings. The fourth-order valence-electron chi connectivity index (χ4n) is 4.00. The Morgan fingerprint density at radius 3 is 2.25 bits per heavy atom. The highest BCUT2D eigenvalue weighted by atomic mass is 16.3. The minimum absolute atomic E-state index is 0.0993. The van der Waals surface area contributed by atoms with Crippen LogP contribution < -0.4 is 4.90 Å². The number of para-hydroxylation sites is 1. The summed E-state index contributed by atoms with van der Waals surface area (Å²) < 4.78 is 0. The molecule has 0 aromatic heterocycles. The van der Waals surface area contributed by atoms with Crippen molar-refractivity contribution in [3.63, 3.8) is 0 Å². The maximum atomic E-state index is 12.6. The van der Waals surface area contributed by atoms with E-state index in [1.807, 2.05) is 0 Å². The average molecular weight is 269 g/mol. The lowest BCUT2D eigenvalue weighted by molar-refractivity contribution is -0.123. The van der Waals surface area contributed by atoms with Crippen molar-refractivity contribution < 1.29 is 14.7 Å². The predicted molar refractivity (Wildman–Crippen MR) is 72.6 cm³/mol. The molecule has 4 atom stereocenters. The van der Waals surface area contributed by atoms with Crippen molar-refractivity contribution in [2.75, 3.05) is 4.90 Å². The Hall–Kier alpha value is -1.94. The Morgan fingerprint density at radius 2 is 1.65 bits per heavy atom. The minimum atomic E-state index is -0.191. The number of fused-ring (bicyclic) bond motifs is 5. The van der Waals surface area contributed by atoms with Gasteiger partial charge in [0.2, 0.25) is 11.8 Å². The third kappa shape index (κ3) is 1.34. The molecule has 102 valence electrons. The van der Waals surface area contributed by atoms with E-state index in [9.17, 15) is 14.7 Å². The smallest absolute Gasteiger partial charge is 0.238 e. The Morgan fingerprint density at radius 1 is 1.05 bits per heavy atom. The number of nitrogens with zero attached hydrogens (tertiary/aromatic N) is 1. The first-order valence-electron chi connectivity index (χ1n) is 6.97. The third-order valence-corrected chi connectivity index (χ3v) is 4.87. The second-order valence-corrected chi connectivity index (χ2v) is 5.80. The van der Waals surface area contributed by atoms with Crippen LogP contribution in [0.15, 0.2) is 36.4 Å². The van der Waals surface area contributed by atoms with Crippen LogP contribution in [0.4, 0.5) is 5.69 Å². The average Bonchev–Trinajstić information content (AvgIpc) is 3.13. The molecule has 1 N–H and O–H groups in total. The Balaban J connectivity index is 1.78. The second-order valence-electron chi connectivity index (χ2n) is 5.80. The molecule has 3 aliphatic rings. The largest absolute Gasteiger partial charge is 0.392 e. The molecule has 2 fully saturated rings. The van der Waals surface area contributed by atoms with Gasteiger partial charge in [0.25, 0.3) is 0 Å². The fourth-order valence-corrected chi connectivity index (χ4v) is 4.00. The number of carbonyl (C=O) groups is 2. The number of aliphatic hydroxyl groups is 1. The van der Waals surface area contributed by atoms with E-state index in [2.05, 4.69) is 12.2 Å². The molecule has 4 unspecified atom stereocenters. The molecule has 2 amide bonds. The number of imide groups is 1. The Bertz CT molecular complexity index is 606. The SMILES string of the molecule is O=C1C2C3C=CC(C3)C2C(=O)N1c1ccccc1CO. The van der Waals surface area contributed by atoms with Crippen LogP contribution in [-0.4, -0.2) is 16.9 Å². The molecule has 1 saturated heterocycles. The normalized spacial score (nSPS) is 34.1. The van der Waals surface area contributed by atoms with Gasteiger partial charge in [-0.1, -0.05) is 30.4 Å². The van der Waals surface area contributed by atoms with Gasteiger partial charge in [0, 0.05) is 5.56 Å². The van der Waals surface area contributed by atoms with Crippen LogP contribution in [0.25, 0.3) is 0 Å². The number of aliphatic hydroxyl groups excluding tert-OH is 1. The van der Waals surface area contributed by atoms with Crippen molar-refractivity contribution in [3.8, 4) is 0 Å². The van der Waals surface area contributed by atoms with Crippen molar-refractivity contribution in [1.29, 1.82) is 0 Å². The standard InChI is InChI=1S/C16H15NO3/c18-8-11-3-1-2-4-12(11)17-15(19)13-9-5-6-10(7-9)14(13)16(17)20/h1-6,9-10,13-14,18H,7-8H2. The maximum absolute atomic E-state index is 12.6. The zero-order valence-corrected chi connectivity index (χ0v) is 10.9. The number of rotatable bonds is 2. The second kappa shape index (κ2) is 4.03. The first-order chi connectivity index (χ1) is 9.72. The summed E-state index contributed by atoms with van der Waals surface area (Å²) in [5, 5.41) is 9.41. The highest BCUT2D eigenvalue weighted by molar-refractivity contribution is 6.23.